The normalized spacial score (nSPS) is 26.1. The first-order valence-corrected chi connectivity index (χ1v) is 9.78. The number of sulfonamides is 1. The van der Waals surface area contributed by atoms with Crippen LogP contribution in [-0.2, 0) is 16.6 Å². The molecule has 1 atom stereocenters. The van der Waals surface area contributed by atoms with Gasteiger partial charge in [-0.15, -0.1) is 0 Å². The van der Waals surface area contributed by atoms with Gasteiger partial charge < -0.3 is 4.74 Å². The molecular weight excluding hydrogens is 338 g/mol. The van der Waals surface area contributed by atoms with Crippen molar-refractivity contribution in [3.8, 4) is 5.75 Å². The van der Waals surface area contributed by atoms with Gasteiger partial charge in [0.05, 0.1) is 6.54 Å². The van der Waals surface area contributed by atoms with Crippen molar-refractivity contribution >= 4 is 10.0 Å². The third-order valence-corrected chi connectivity index (χ3v) is 6.77. The van der Waals surface area contributed by atoms with Crippen molar-refractivity contribution in [1.29, 1.82) is 0 Å². The molecule has 25 heavy (non-hydrogen) atoms. The minimum atomic E-state index is -3.52. The van der Waals surface area contributed by atoms with E-state index < -0.39 is 15.6 Å². The Morgan fingerprint density at radius 2 is 1.92 bits per heavy atom. The standard InChI is InChI=1S/C18H21N3O3S/c1-20-13-18(24-16-4-2-3-5-17(16)25(20,22)23)8-11-21(14-18)12-15-6-9-19-10-7-15/h2-7,9-10H,8,11-14H2,1H3/t18-/m1/s1. The van der Waals surface area contributed by atoms with E-state index in [2.05, 4.69) is 9.88 Å². The second-order valence-corrected chi connectivity index (χ2v) is 8.82. The summed E-state index contributed by atoms with van der Waals surface area (Å²) >= 11 is 0. The number of hydrogen-bond acceptors (Lipinski definition) is 5. The smallest absolute Gasteiger partial charge is 0.246 e. The van der Waals surface area contributed by atoms with E-state index in [-0.39, 0.29) is 4.90 Å². The molecule has 1 spiro atoms. The van der Waals surface area contributed by atoms with E-state index in [9.17, 15) is 8.42 Å². The Morgan fingerprint density at radius 3 is 2.72 bits per heavy atom. The first-order chi connectivity index (χ1) is 12.0. The lowest BCUT2D eigenvalue weighted by molar-refractivity contribution is 0.0623. The van der Waals surface area contributed by atoms with Crippen LogP contribution in [0.15, 0.2) is 53.7 Å². The second-order valence-electron chi connectivity index (χ2n) is 6.81. The van der Waals surface area contributed by atoms with Crippen LogP contribution in [-0.4, -0.2) is 54.9 Å². The largest absolute Gasteiger partial charge is 0.483 e. The number of ether oxygens (including phenoxy) is 1. The lowest BCUT2D eigenvalue weighted by Crippen LogP contribution is -2.47. The molecule has 3 heterocycles. The molecule has 2 aliphatic rings. The van der Waals surface area contributed by atoms with Gasteiger partial charge in [-0.3, -0.25) is 9.88 Å². The van der Waals surface area contributed by atoms with Gasteiger partial charge in [-0.2, -0.15) is 4.31 Å². The van der Waals surface area contributed by atoms with Crippen LogP contribution in [0.25, 0.3) is 0 Å². The zero-order valence-corrected chi connectivity index (χ0v) is 14.9. The van der Waals surface area contributed by atoms with Gasteiger partial charge in [0.2, 0.25) is 10.0 Å². The number of aromatic nitrogens is 1. The minimum absolute atomic E-state index is 0.252. The average Bonchev–Trinajstić information content (AvgIpc) is 2.94. The van der Waals surface area contributed by atoms with Crippen LogP contribution >= 0.6 is 0 Å². The molecule has 0 amide bonds. The van der Waals surface area contributed by atoms with Crippen LogP contribution in [0.1, 0.15) is 12.0 Å². The lowest BCUT2D eigenvalue weighted by Gasteiger charge is -2.30. The fourth-order valence-electron chi connectivity index (χ4n) is 3.69. The highest BCUT2D eigenvalue weighted by Crippen LogP contribution is 2.37. The fraction of sp³-hybridized carbons (Fsp3) is 0.389. The van der Waals surface area contributed by atoms with E-state index in [1.54, 1.807) is 37.6 Å². The number of hydrogen-bond donors (Lipinski definition) is 0. The maximum absolute atomic E-state index is 12.8. The zero-order valence-electron chi connectivity index (χ0n) is 14.1. The first kappa shape index (κ1) is 16.5. The van der Waals surface area contributed by atoms with Crippen LogP contribution in [0.5, 0.6) is 5.75 Å². The molecule has 1 fully saturated rings. The number of benzene rings is 1. The Bertz CT molecular complexity index is 872. The maximum atomic E-state index is 12.8. The monoisotopic (exact) mass is 359 g/mol. The van der Waals surface area contributed by atoms with Gasteiger partial charge in [-0.05, 0) is 29.8 Å². The van der Waals surface area contributed by atoms with Crippen molar-refractivity contribution in [3.63, 3.8) is 0 Å². The molecule has 1 aromatic heterocycles. The summed E-state index contributed by atoms with van der Waals surface area (Å²) < 4.78 is 33.3. The quantitative estimate of drug-likeness (QED) is 0.817. The summed E-state index contributed by atoms with van der Waals surface area (Å²) in [5.41, 5.74) is 0.684. The van der Waals surface area contributed by atoms with Crippen LogP contribution in [0.2, 0.25) is 0 Å². The van der Waals surface area contributed by atoms with E-state index in [4.69, 9.17) is 4.74 Å². The highest BCUT2D eigenvalue weighted by atomic mass is 32.2. The summed E-state index contributed by atoms with van der Waals surface area (Å²) in [6.07, 6.45) is 4.38. The van der Waals surface area contributed by atoms with Crippen molar-refractivity contribution in [1.82, 2.24) is 14.2 Å². The van der Waals surface area contributed by atoms with Gasteiger partial charge in [0.25, 0.3) is 0 Å². The van der Waals surface area contributed by atoms with Gasteiger partial charge in [-0.25, -0.2) is 8.42 Å². The van der Waals surface area contributed by atoms with Gasteiger partial charge in [0.15, 0.2) is 0 Å². The Morgan fingerprint density at radius 1 is 1.16 bits per heavy atom. The molecule has 0 unspecified atom stereocenters. The molecule has 132 valence electrons. The third-order valence-electron chi connectivity index (χ3n) is 4.93. The van der Waals surface area contributed by atoms with E-state index in [1.807, 2.05) is 18.2 Å². The molecule has 2 aromatic rings. The van der Waals surface area contributed by atoms with E-state index in [1.165, 1.54) is 9.87 Å². The highest BCUT2D eigenvalue weighted by molar-refractivity contribution is 7.89. The fourth-order valence-corrected chi connectivity index (χ4v) is 5.05. The predicted molar refractivity (Wildman–Crippen MR) is 93.7 cm³/mol. The van der Waals surface area contributed by atoms with Crippen molar-refractivity contribution in [2.45, 2.75) is 23.5 Å². The molecule has 4 rings (SSSR count). The zero-order chi connectivity index (χ0) is 17.5. The summed E-state index contributed by atoms with van der Waals surface area (Å²) in [4.78, 5) is 6.61. The summed E-state index contributed by atoms with van der Waals surface area (Å²) in [6.45, 7) is 2.74. The topological polar surface area (TPSA) is 62.7 Å². The molecule has 0 bridgehead atoms. The Labute approximate surface area is 148 Å². The summed E-state index contributed by atoms with van der Waals surface area (Å²) in [5, 5.41) is 0. The van der Waals surface area contributed by atoms with Crippen LogP contribution in [0.4, 0.5) is 0 Å². The van der Waals surface area contributed by atoms with Crippen LogP contribution < -0.4 is 4.74 Å². The molecule has 1 saturated heterocycles. The van der Waals surface area contributed by atoms with Crippen molar-refractivity contribution < 1.29 is 13.2 Å². The van der Waals surface area contributed by atoms with Gasteiger partial charge in [0.1, 0.15) is 16.2 Å². The number of rotatable bonds is 2. The Balaban J connectivity index is 1.61. The predicted octanol–water partition coefficient (Wildman–Crippen LogP) is 1.74. The summed E-state index contributed by atoms with van der Waals surface area (Å²) in [5.74, 6) is 0.456. The van der Waals surface area contributed by atoms with Crippen molar-refractivity contribution in [3.05, 3.63) is 54.4 Å². The molecular formula is C18H21N3O3S. The number of likely N-dealkylation sites (tertiary alicyclic amines) is 1. The lowest BCUT2D eigenvalue weighted by atomic mass is 10.0. The van der Waals surface area contributed by atoms with Crippen molar-refractivity contribution in [2.75, 3.05) is 26.7 Å². The third kappa shape index (κ3) is 3.03. The van der Waals surface area contributed by atoms with Crippen molar-refractivity contribution in [2.24, 2.45) is 0 Å². The number of para-hydroxylation sites is 1. The minimum Gasteiger partial charge on any atom is -0.483 e. The average molecular weight is 359 g/mol. The van der Waals surface area contributed by atoms with E-state index in [0.29, 0.717) is 18.8 Å². The number of nitrogens with zero attached hydrogens (tertiary/aromatic N) is 3. The molecule has 0 saturated carbocycles. The van der Waals surface area contributed by atoms with Gasteiger partial charge in [0, 0.05) is 45.5 Å². The molecule has 0 aliphatic carbocycles. The summed E-state index contributed by atoms with van der Waals surface area (Å²) in [6, 6.07) is 10.9. The number of fused-ring (bicyclic) bond motifs is 1. The number of likely N-dealkylation sites (N-methyl/N-ethyl adjacent to an activating group) is 1. The molecule has 0 radical (unpaired) electrons. The second kappa shape index (κ2) is 6.09. The highest BCUT2D eigenvalue weighted by Gasteiger charge is 2.46. The van der Waals surface area contributed by atoms with Gasteiger partial charge in [-0.1, -0.05) is 12.1 Å². The van der Waals surface area contributed by atoms with Crippen LogP contribution in [0, 0.1) is 0 Å². The Hall–Kier alpha value is -1.96. The Kier molecular flexibility index (Phi) is 4.02. The molecule has 0 N–H and O–H groups in total. The van der Waals surface area contributed by atoms with E-state index in [0.717, 1.165) is 19.5 Å². The number of pyridine rings is 1. The SMILES string of the molecule is CN1C[C@@]2(CCN(Cc3ccncc3)C2)Oc2ccccc2S1(=O)=O. The summed E-state index contributed by atoms with van der Waals surface area (Å²) in [7, 11) is -1.88. The van der Waals surface area contributed by atoms with Gasteiger partial charge >= 0.3 is 0 Å². The van der Waals surface area contributed by atoms with Crippen LogP contribution in [0.3, 0.4) is 0 Å². The maximum Gasteiger partial charge on any atom is 0.246 e. The van der Waals surface area contributed by atoms with E-state index >= 15 is 0 Å². The molecule has 6 nitrogen and oxygen atoms in total. The molecule has 7 heteroatoms. The molecule has 1 aromatic carbocycles. The molecule has 2 aliphatic heterocycles. The first-order valence-electron chi connectivity index (χ1n) is 8.34.